The molecule has 1 fully saturated rings. The number of benzene rings is 1. The van der Waals surface area contributed by atoms with E-state index in [0.717, 1.165) is 50.2 Å². The maximum atomic E-state index is 14.6. The Kier molecular flexibility index (Phi) is 6.76. The molecule has 1 atom stereocenters. The summed E-state index contributed by atoms with van der Waals surface area (Å²) in [5.41, 5.74) is 3.85. The first-order valence-electron chi connectivity index (χ1n) is 13.2. The lowest BCUT2D eigenvalue weighted by atomic mass is 9.93. The zero-order valence-electron chi connectivity index (χ0n) is 21.4. The third-order valence-corrected chi connectivity index (χ3v) is 7.79. The number of nitrogens with one attached hydrogen (secondary N) is 3. The third kappa shape index (κ3) is 4.62. The van der Waals surface area contributed by atoms with Gasteiger partial charge in [-0.2, -0.15) is 0 Å². The number of rotatable bonds is 3. The Bertz CT molecular complexity index is 1360. The predicted molar refractivity (Wildman–Crippen MR) is 144 cm³/mol. The number of hydrogen-bond acceptors (Lipinski definition) is 6. The zero-order valence-corrected chi connectivity index (χ0v) is 21.4. The highest BCUT2D eigenvalue weighted by Crippen LogP contribution is 2.44. The molecule has 198 valence electrons. The van der Waals surface area contributed by atoms with Crippen LogP contribution in [-0.2, 0) is 0 Å². The summed E-state index contributed by atoms with van der Waals surface area (Å²) < 4.78 is 26.3. The van der Waals surface area contributed by atoms with Crippen molar-refractivity contribution in [3.63, 3.8) is 0 Å². The molecule has 9 heteroatoms. The third-order valence-electron chi connectivity index (χ3n) is 7.79. The average Bonchev–Trinajstić information content (AvgIpc) is 3.31. The second-order valence-electron chi connectivity index (χ2n) is 10.2. The smallest absolute Gasteiger partial charge is 0.255 e. The number of allylic oxidation sites excluding steroid dienone is 1. The minimum Gasteiger partial charge on any atom is -0.492 e. The summed E-state index contributed by atoms with van der Waals surface area (Å²) in [6.45, 7) is 4.18. The summed E-state index contributed by atoms with van der Waals surface area (Å²) in [5.74, 6) is 0.593. The molecular weight excluding hydrogens is 485 g/mol. The van der Waals surface area contributed by atoms with E-state index in [1.54, 1.807) is 24.5 Å². The maximum absolute atomic E-state index is 14.6. The first-order valence-corrected chi connectivity index (χ1v) is 13.2. The van der Waals surface area contributed by atoms with Crippen LogP contribution in [0.1, 0.15) is 41.2 Å². The van der Waals surface area contributed by atoms with Crippen molar-refractivity contribution in [3.05, 3.63) is 65.9 Å². The number of H-pyrrole nitrogens is 1. The van der Waals surface area contributed by atoms with Gasteiger partial charge in [0.05, 0.1) is 42.5 Å². The van der Waals surface area contributed by atoms with Crippen molar-refractivity contribution in [1.29, 1.82) is 0 Å². The van der Waals surface area contributed by atoms with Gasteiger partial charge in [-0.15, -0.1) is 0 Å². The second-order valence-corrected chi connectivity index (χ2v) is 10.2. The van der Waals surface area contributed by atoms with E-state index in [-0.39, 0.29) is 17.6 Å². The summed E-state index contributed by atoms with van der Waals surface area (Å²) in [6, 6.07) is 6.58. The highest BCUT2D eigenvalue weighted by atomic mass is 19.1. The quantitative estimate of drug-likeness (QED) is 0.431. The van der Waals surface area contributed by atoms with E-state index < -0.39 is 5.82 Å². The Labute approximate surface area is 221 Å². The van der Waals surface area contributed by atoms with Crippen LogP contribution in [-0.4, -0.2) is 60.7 Å². The van der Waals surface area contributed by atoms with Gasteiger partial charge in [-0.1, -0.05) is 18.2 Å². The molecule has 4 aliphatic heterocycles. The lowest BCUT2D eigenvalue weighted by Gasteiger charge is -2.31. The van der Waals surface area contributed by atoms with Crippen molar-refractivity contribution >= 4 is 17.3 Å². The molecule has 1 saturated heterocycles. The number of para-hydroxylation sites is 1. The summed E-state index contributed by atoms with van der Waals surface area (Å²) in [5, 5.41) is 6.39. The van der Waals surface area contributed by atoms with Crippen molar-refractivity contribution in [2.24, 2.45) is 5.92 Å². The van der Waals surface area contributed by atoms with E-state index in [4.69, 9.17) is 9.47 Å². The van der Waals surface area contributed by atoms with Crippen LogP contribution >= 0.6 is 0 Å². The molecule has 1 unspecified atom stereocenters. The maximum Gasteiger partial charge on any atom is 0.255 e. The standard InChI is InChI=1S/C29H32FN5O3/c1-37-28-21(30)6-4-7-22(28)33-27-24-25-19(15-32-29(24)36)5-2-3-12-35-13-9-18(10-14-35)17-38-23-16-31-11-8-20(23)26(27)34-25/h2-4,6-8,11,16,18-19,33-34H,5,9-10,12-15,17H2,1H3,(H,32,36). The number of aromatic nitrogens is 2. The van der Waals surface area contributed by atoms with E-state index in [1.165, 1.54) is 13.2 Å². The summed E-state index contributed by atoms with van der Waals surface area (Å²) in [6.07, 6.45) is 10.9. The Balaban J connectivity index is 1.50. The van der Waals surface area contributed by atoms with E-state index in [9.17, 15) is 9.18 Å². The summed E-state index contributed by atoms with van der Waals surface area (Å²) in [7, 11) is 1.43. The van der Waals surface area contributed by atoms with Gasteiger partial charge < -0.3 is 25.1 Å². The molecule has 0 spiro atoms. The molecule has 2 aromatic heterocycles. The van der Waals surface area contributed by atoms with Crippen molar-refractivity contribution in [1.82, 2.24) is 20.2 Å². The van der Waals surface area contributed by atoms with Gasteiger partial charge in [0.15, 0.2) is 11.6 Å². The molecule has 4 aliphatic rings. The van der Waals surface area contributed by atoms with E-state index >= 15 is 0 Å². The molecule has 1 amide bonds. The first-order chi connectivity index (χ1) is 18.6. The fourth-order valence-electron chi connectivity index (χ4n) is 5.67. The van der Waals surface area contributed by atoms with Crippen molar-refractivity contribution in [2.45, 2.75) is 25.2 Å². The van der Waals surface area contributed by atoms with Crippen LogP contribution in [0.4, 0.5) is 15.8 Å². The number of anilines is 2. The lowest BCUT2D eigenvalue weighted by Crippen LogP contribution is -2.35. The Morgan fingerprint density at radius 1 is 1.21 bits per heavy atom. The van der Waals surface area contributed by atoms with Crippen LogP contribution in [0, 0.1) is 11.7 Å². The van der Waals surface area contributed by atoms with Crippen LogP contribution in [0.25, 0.3) is 11.3 Å². The molecule has 0 saturated carbocycles. The Morgan fingerprint density at radius 3 is 2.92 bits per heavy atom. The van der Waals surface area contributed by atoms with Crippen molar-refractivity contribution < 1.29 is 18.7 Å². The number of aromatic amines is 1. The fraction of sp³-hybridized carbons (Fsp3) is 0.379. The fourth-order valence-corrected chi connectivity index (χ4v) is 5.67. The predicted octanol–water partition coefficient (Wildman–Crippen LogP) is 4.85. The number of fused-ring (bicyclic) bond motifs is 5. The number of pyridine rings is 1. The molecule has 1 aromatic carbocycles. The number of amides is 1. The van der Waals surface area contributed by atoms with E-state index in [2.05, 4.69) is 37.7 Å². The minimum atomic E-state index is -0.486. The molecule has 38 heavy (non-hydrogen) atoms. The minimum absolute atomic E-state index is 0.0625. The molecule has 6 heterocycles. The Morgan fingerprint density at radius 2 is 2.08 bits per heavy atom. The van der Waals surface area contributed by atoms with E-state index in [0.29, 0.717) is 47.5 Å². The first kappa shape index (κ1) is 24.5. The van der Waals surface area contributed by atoms with Gasteiger partial charge in [-0.25, -0.2) is 4.39 Å². The van der Waals surface area contributed by atoms with Crippen LogP contribution in [0.15, 0.2) is 48.8 Å². The molecule has 0 radical (unpaired) electrons. The van der Waals surface area contributed by atoms with Crippen LogP contribution in [0.2, 0.25) is 0 Å². The van der Waals surface area contributed by atoms with Crippen LogP contribution in [0.3, 0.4) is 0 Å². The van der Waals surface area contributed by atoms with Gasteiger partial charge in [-0.3, -0.25) is 14.7 Å². The SMILES string of the molecule is COc1c(F)cccc1Nc1c2[nH]c3c1C(=O)NCC3CC=CCN1CCC(CC1)COc1cnccc1-2. The van der Waals surface area contributed by atoms with Crippen molar-refractivity contribution in [2.75, 3.05) is 45.2 Å². The lowest BCUT2D eigenvalue weighted by molar-refractivity contribution is 0.0941. The molecule has 0 aliphatic carbocycles. The number of carbonyl (C=O) groups is 1. The second kappa shape index (κ2) is 10.5. The van der Waals surface area contributed by atoms with Gasteiger partial charge in [0.2, 0.25) is 0 Å². The number of ether oxygens (including phenoxy) is 2. The van der Waals surface area contributed by atoms with Crippen LogP contribution in [0.5, 0.6) is 11.5 Å². The topological polar surface area (TPSA) is 91.5 Å². The van der Waals surface area contributed by atoms with Gasteiger partial charge in [0.1, 0.15) is 5.75 Å². The molecule has 8 nitrogen and oxygen atoms in total. The Hall–Kier alpha value is -3.85. The number of halogens is 1. The van der Waals surface area contributed by atoms with Crippen molar-refractivity contribution in [3.8, 4) is 22.8 Å². The molecule has 7 rings (SSSR count). The number of methoxy groups -OCH3 is 1. The van der Waals surface area contributed by atoms with Gasteiger partial charge in [-0.05, 0) is 56.5 Å². The average molecular weight is 518 g/mol. The highest BCUT2D eigenvalue weighted by molar-refractivity contribution is 6.07. The van der Waals surface area contributed by atoms with E-state index in [1.807, 2.05) is 6.07 Å². The number of piperidine rings is 1. The number of carbonyl (C=O) groups excluding carboxylic acids is 1. The molecule has 4 bridgehead atoms. The van der Waals surface area contributed by atoms with Crippen LogP contribution < -0.4 is 20.1 Å². The van der Waals surface area contributed by atoms with Gasteiger partial charge in [0.25, 0.3) is 5.91 Å². The zero-order chi connectivity index (χ0) is 26.1. The van der Waals surface area contributed by atoms with Gasteiger partial charge >= 0.3 is 0 Å². The monoisotopic (exact) mass is 517 g/mol. The van der Waals surface area contributed by atoms with Gasteiger partial charge in [0, 0.05) is 36.5 Å². The number of hydrogen-bond donors (Lipinski definition) is 3. The molecule has 3 aromatic rings. The highest BCUT2D eigenvalue weighted by Gasteiger charge is 2.33. The summed E-state index contributed by atoms with van der Waals surface area (Å²) >= 11 is 0. The molecule has 3 N–H and O–H groups in total. The largest absolute Gasteiger partial charge is 0.492 e. The summed E-state index contributed by atoms with van der Waals surface area (Å²) in [4.78, 5) is 23.7. The molecular formula is C29H32FN5O3. The normalized spacial score (nSPS) is 22.8. The number of nitrogens with zero attached hydrogens (tertiary/aromatic N) is 2.